The maximum Gasteiger partial charge on any atom is 0.305 e. The molecule has 9 heteroatoms. The minimum absolute atomic E-state index is 0.0271. The Kier molecular flexibility index (Phi) is 5.41. The fourth-order valence-corrected chi connectivity index (χ4v) is 5.73. The Labute approximate surface area is 218 Å². The van der Waals surface area contributed by atoms with Gasteiger partial charge in [-0.15, -0.1) is 0 Å². The number of hydrogen-bond donors (Lipinski definition) is 0. The van der Waals surface area contributed by atoms with E-state index in [1.165, 1.54) is 36.5 Å². The first-order valence-electron chi connectivity index (χ1n) is 13.1. The highest BCUT2D eigenvalue weighted by atomic mass is 32.2. The van der Waals surface area contributed by atoms with Gasteiger partial charge < -0.3 is 9.30 Å². The predicted octanol–water partition coefficient (Wildman–Crippen LogP) is 5.59. The molecule has 0 fully saturated rings. The molecule has 0 saturated carbocycles. The minimum atomic E-state index is -4.10. The molecule has 37 heavy (non-hydrogen) atoms. The molecule has 0 spiro atoms. The summed E-state index contributed by atoms with van der Waals surface area (Å²) in [5.41, 5.74) is 1.69. The van der Waals surface area contributed by atoms with E-state index in [0.29, 0.717) is 22.3 Å². The molecule has 190 valence electrons. The van der Waals surface area contributed by atoms with Crippen LogP contribution in [-0.4, -0.2) is 35.2 Å². The van der Waals surface area contributed by atoms with Gasteiger partial charge in [0.1, 0.15) is 5.82 Å². The predicted molar refractivity (Wildman–Crippen MR) is 140 cm³/mol. The first-order valence-corrected chi connectivity index (χ1v) is 13.0. The molecule has 2 aromatic heterocycles. The summed E-state index contributed by atoms with van der Waals surface area (Å²) in [4.78, 5) is 12.4. The maximum absolute atomic E-state index is 13.9. The molecule has 0 aliphatic heterocycles. The van der Waals surface area contributed by atoms with Crippen LogP contribution in [0.1, 0.15) is 41.5 Å². The molecule has 0 N–H and O–H groups in total. The van der Waals surface area contributed by atoms with Crippen LogP contribution >= 0.6 is 0 Å². The Balaban J connectivity index is 1.91. The molecule has 0 amide bonds. The summed E-state index contributed by atoms with van der Waals surface area (Å²) in [6.07, 6.45) is -3.08. The average Bonchev–Trinajstić information content (AvgIpc) is 3.51. The first kappa shape index (κ1) is 21.1. The number of esters is 1. The van der Waals surface area contributed by atoms with Crippen LogP contribution in [0.3, 0.4) is 0 Å². The molecule has 0 bridgehead atoms. The van der Waals surface area contributed by atoms with Crippen LogP contribution in [-0.2, 0) is 25.9 Å². The van der Waals surface area contributed by atoms with Crippen molar-refractivity contribution >= 4 is 37.8 Å². The summed E-state index contributed by atoms with van der Waals surface area (Å²) in [6, 6.07) is 16.7. The van der Waals surface area contributed by atoms with Crippen molar-refractivity contribution < 1.29 is 26.5 Å². The normalized spacial score (nSPS) is 14.5. The molecule has 0 saturated heterocycles. The number of nitrogens with zero attached hydrogens (tertiary/aromatic N) is 3. The molecule has 1 atom stereocenters. The molecule has 5 rings (SSSR count). The van der Waals surface area contributed by atoms with E-state index in [1.54, 1.807) is 41.0 Å². The van der Waals surface area contributed by atoms with Gasteiger partial charge in [0.2, 0.25) is 0 Å². The number of aromatic nitrogens is 3. The lowest BCUT2D eigenvalue weighted by Gasteiger charge is -2.15. The smallest absolute Gasteiger partial charge is 0.305 e. The van der Waals surface area contributed by atoms with Gasteiger partial charge in [0.05, 0.1) is 29.2 Å². The highest BCUT2D eigenvalue weighted by Crippen LogP contribution is 2.37. The summed E-state index contributed by atoms with van der Waals surface area (Å²) < 4.78 is 74.6. The topological polar surface area (TPSA) is 83.2 Å². The number of methoxy groups -OCH3 is 1. The molecular weight excluding hydrogens is 493 g/mol. The summed E-state index contributed by atoms with van der Waals surface area (Å²) in [6.45, 7) is 3.68. The highest BCUT2D eigenvalue weighted by molar-refractivity contribution is 7.90. The zero-order valence-electron chi connectivity index (χ0n) is 23.3. The van der Waals surface area contributed by atoms with Crippen LogP contribution in [0.15, 0.2) is 77.8 Å². The van der Waals surface area contributed by atoms with E-state index in [0.717, 1.165) is 11.2 Å². The van der Waals surface area contributed by atoms with Crippen LogP contribution in [0.4, 0.5) is 4.39 Å². The molecular formula is C28H26FN3O4S. The number of aryl methyl sites for hydroxylation is 1. The third-order valence-electron chi connectivity index (χ3n) is 6.10. The van der Waals surface area contributed by atoms with Gasteiger partial charge >= 0.3 is 5.97 Å². The fraction of sp³-hybridized carbons (Fsp3) is 0.214. The molecule has 3 aromatic carbocycles. The molecule has 0 radical (unpaired) electrons. The van der Waals surface area contributed by atoms with Gasteiger partial charge in [0.25, 0.3) is 10.0 Å². The first-order chi connectivity index (χ1) is 18.9. The van der Waals surface area contributed by atoms with Crippen molar-refractivity contribution in [2.75, 3.05) is 7.11 Å². The van der Waals surface area contributed by atoms with Crippen molar-refractivity contribution in [1.82, 2.24) is 13.8 Å². The van der Waals surface area contributed by atoms with E-state index < -0.39 is 34.6 Å². The summed E-state index contributed by atoms with van der Waals surface area (Å²) in [5.74, 6) is -1.83. The zero-order chi connectivity index (χ0) is 29.0. The van der Waals surface area contributed by atoms with Crippen molar-refractivity contribution in [3.05, 3.63) is 90.0 Å². The van der Waals surface area contributed by atoms with Gasteiger partial charge in [-0.25, -0.2) is 4.39 Å². The average molecular weight is 523 g/mol. The number of benzene rings is 3. The number of carbonyl (C=O) groups excluding carboxylic acids is 1. The molecule has 0 aliphatic carbocycles. The summed E-state index contributed by atoms with van der Waals surface area (Å²) in [7, 11) is -3.01. The number of halogens is 1. The van der Waals surface area contributed by atoms with Gasteiger partial charge in [-0.05, 0) is 66.4 Å². The number of ether oxygens (including phenoxy) is 1. The number of fused-ring (bicyclic) bond motifs is 2. The van der Waals surface area contributed by atoms with Crippen LogP contribution < -0.4 is 0 Å². The van der Waals surface area contributed by atoms with E-state index in [1.807, 2.05) is 13.8 Å². The fourth-order valence-electron chi connectivity index (χ4n) is 4.44. The van der Waals surface area contributed by atoms with Crippen molar-refractivity contribution in [2.24, 2.45) is 0 Å². The van der Waals surface area contributed by atoms with Crippen LogP contribution in [0.2, 0.25) is 0 Å². The van der Waals surface area contributed by atoms with Gasteiger partial charge in [-0.2, -0.15) is 17.6 Å². The number of rotatable bonds is 7. The van der Waals surface area contributed by atoms with Gasteiger partial charge in [0, 0.05) is 32.7 Å². The van der Waals surface area contributed by atoms with E-state index in [9.17, 15) is 17.6 Å². The zero-order valence-corrected chi connectivity index (χ0v) is 21.2. The SMILES string of the molecule is [2H]C(C(=O)OC)C([2H])([2H])c1c(C(C)C)n(-c2ccc(F)cc2)c2cc3cnn(S(=O)(=O)c4ccccc4)c3cc12. The Morgan fingerprint density at radius 3 is 2.43 bits per heavy atom. The molecule has 0 aliphatic rings. The van der Waals surface area contributed by atoms with Crippen molar-refractivity contribution in [3.8, 4) is 5.69 Å². The summed E-state index contributed by atoms with van der Waals surface area (Å²) >= 11 is 0. The Hall–Kier alpha value is -3.98. The van der Waals surface area contributed by atoms with Gasteiger partial charge in [0.15, 0.2) is 0 Å². The van der Waals surface area contributed by atoms with E-state index in [2.05, 4.69) is 5.10 Å². The van der Waals surface area contributed by atoms with Crippen LogP contribution in [0.25, 0.3) is 27.5 Å². The van der Waals surface area contributed by atoms with Gasteiger partial charge in [-0.1, -0.05) is 32.0 Å². The summed E-state index contributed by atoms with van der Waals surface area (Å²) in [5, 5.41) is 4.90. The second-order valence-electron chi connectivity index (χ2n) is 8.77. The van der Waals surface area contributed by atoms with Crippen molar-refractivity contribution in [2.45, 2.75) is 37.4 Å². The second kappa shape index (κ2) is 9.48. The molecule has 5 aromatic rings. The quantitative estimate of drug-likeness (QED) is 0.261. The Morgan fingerprint density at radius 2 is 1.78 bits per heavy atom. The Bertz CT molecular complexity index is 1850. The third-order valence-corrected chi connectivity index (χ3v) is 7.71. The van der Waals surface area contributed by atoms with Crippen LogP contribution in [0.5, 0.6) is 0 Å². The van der Waals surface area contributed by atoms with E-state index in [-0.39, 0.29) is 27.3 Å². The number of carbonyl (C=O) groups is 1. The maximum atomic E-state index is 13.9. The van der Waals surface area contributed by atoms with Crippen molar-refractivity contribution in [1.29, 1.82) is 0 Å². The van der Waals surface area contributed by atoms with Crippen molar-refractivity contribution in [3.63, 3.8) is 0 Å². The minimum Gasteiger partial charge on any atom is -0.469 e. The number of hydrogen-bond acceptors (Lipinski definition) is 5. The lowest BCUT2D eigenvalue weighted by molar-refractivity contribution is -0.140. The lowest BCUT2D eigenvalue weighted by atomic mass is 9.99. The lowest BCUT2D eigenvalue weighted by Crippen LogP contribution is -2.14. The third kappa shape index (κ3) is 4.29. The largest absolute Gasteiger partial charge is 0.469 e. The van der Waals surface area contributed by atoms with Gasteiger partial charge in [-0.3, -0.25) is 4.79 Å². The van der Waals surface area contributed by atoms with E-state index in [4.69, 9.17) is 8.85 Å². The highest BCUT2D eigenvalue weighted by Gasteiger charge is 2.25. The molecule has 2 heterocycles. The monoisotopic (exact) mass is 522 g/mol. The standard InChI is InChI=1S/C28H26FN3O4S/c1-18(2)28-23(13-14-27(33)36-3)24-16-25-19(15-26(24)31(28)21-11-9-20(29)10-12-21)17-30-32(25)37(34,35)22-7-5-4-6-8-22/h4-12,15-18H,13-14H2,1-3H3/i13D2,14D. The second-order valence-corrected chi connectivity index (χ2v) is 10.5. The van der Waals surface area contributed by atoms with E-state index >= 15 is 0 Å². The molecule has 7 nitrogen and oxygen atoms in total. The Morgan fingerprint density at radius 1 is 1.08 bits per heavy atom. The molecule has 1 unspecified atom stereocenters. The van der Waals surface area contributed by atoms with Crippen LogP contribution in [0, 0.1) is 5.82 Å².